The van der Waals surface area contributed by atoms with Gasteiger partial charge >= 0.3 is 0 Å². The molecule has 2 rings (SSSR count). The van der Waals surface area contributed by atoms with E-state index in [1.165, 1.54) is 16.4 Å². The Morgan fingerprint density at radius 1 is 1.50 bits per heavy atom. The highest BCUT2D eigenvalue weighted by atomic mass is 32.2. The molecular weight excluding hydrogens is 299 g/mol. The van der Waals surface area contributed by atoms with Gasteiger partial charge in [0.2, 0.25) is 10.0 Å². The summed E-state index contributed by atoms with van der Waals surface area (Å²) < 4.78 is 40.0. The molecule has 110 valence electrons. The molecule has 4 nitrogen and oxygen atoms in total. The molecule has 1 aromatic carbocycles. The zero-order chi connectivity index (χ0) is 14.9. The Hall–Kier alpha value is -1.05. The second-order valence-electron chi connectivity index (χ2n) is 4.90. The van der Waals surface area contributed by atoms with Crippen LogP contribution in [0.4, 0.5) is 4.39 Å². The van der Waals surface area contributed by atoms with Crippen LogP contribution in [0.25, 0.3) is 0 Å². The van der Waals surface area contributed by atoms with Gasteiger partial charge in [0.15, 0.2) is 0 Å². The average molecular weight is 316 g/mol. The van der Waals surface area contributed by atoms with Crippen LogP contribution in [-0.4, -0.2) is 30.8 Å². The van der Waals surface area contributed by atoms with Gasteiger partial charge in [0.05, 0.1) is 4.90 Å². The lowest BCUT2D eigenvalue weighted by Crippen LogP contribution is -2.33. The van der Waals surface area contributed by atoms with E-state index in [0.717, 1.165) is 18.9 Å². The van der Waals surface area contributed by atoms with E-state index in [9.17, 15) is 12.8 Å². The summed E-state index contributed by atoms with van der Waals surface area (Å²) in [6.07, 6.45) is 2.13. The monoisotopic (exact) mass is 316 g/mol. The summed E-state index contributed by atoms with van der Waals surface area (Å²) in [6.45, 7) is 2.69. The molecule has 1 saturated carbocycles. The van der Waals surface area contributed by atoms with E-state index in [-0.39, 0.29) is 15.4 Å². The second-order valence-corrected chi connectivity index (χ2v) is 7.28. The van der Waals surface area contributed by atoms with Crippen molar-refractivity contribution in [1.82, 2.24) is 4.31 Å². The van der Waals surface area contributed by atoms with Crippen molar-refractivity contribution in [2.24, 2.45) is 11.7 Å². The van der Waals surface area contributed by atoms with Crippen molar-refractivity contribution in [2.75, 3.05) is 13.1 Å². The Bertz CT molecular complexity index is 627. The number of thiocarbonyl (C=S) groups is 1. The Morgan fingerprint density at radius 3 is 2.65 bits per heavy atom. The molecule has 0 heterocycles. The van der Waals surface area contributed by atoms with E-state index in [1.54, 1.807) is 6.92 Å². The van der Waals surface area contributed by atoms with Crippen LogP contribution in [0.5, 0.6) is 0 Å². The Kier molecular flexibility index (Phi) is 4.41. The quantitative estimate of drug-likeness (QED) is 0.814. The summed E-state index contributed by atoms with van der Waals surface area (Å²) in [5, 5.41) is 0. The van der Waals surface area contributed by atoms with Crippen molar-refractivity contribution in [3.8, 4) is 0 Å². The van der Waals surface area contributed by atoms with Crippen LogP contribution in [0.15, 0.2) is 23.1 Å². The van der Waals surface area contributed by atoms with Crippen LogP contribution in [0, 0.1) is 11.7 Å². The second kappa shape index (κ2) is 5.75. The maximum absolute atomic E-state index is 13.5. The number of hydrogen-bond acceptors (Lipinski definition) is 3. The summed E-state index contributed by atoms with van der Waals surface area (Å²) in [7, 11) is -3.63. The van der Waals surface area contributed by atoms with Crippen LogP contribution in [0.3, 0.4) is 0 Å². The molecule has 0 bridgehead atoms. The van der Waals surface area contributed by atoms with Gasteiger partial charge in [-0.15, -0.1) is 0 Å². The number of halogens is 1. The van der Waals surface area contributed by atoms with Gasteiger partial charge in [0.25, 0.3) is 0 Å². The van der Waals surface area contributed by atoms with Crippen molar-refractivity contribution in [2.45, 2.75) is 24.7 Å². The van der Waals surface area contributed by atoms with Gasteiger partial charge in [-0.25, -0.2) is 12.8 Å². The molecule has 20 heavy (non-hydrogen) atoms. The minimum absolute atomic E-state index is 0.0317. The predicted octanol–water partition coefficient (Wildman–Crippen LogP) is 1.88. The normalized spacial score (nSPS) is 15.6. The molecular formula is C13H17FN2O2S2. The van der Waals surface area contributed by atoms with E-state index in [0.29, 0.717) is 19.0 Å². The molecule has 1 fully saturated rings. The van der Waals surface area contributed by atoms with Crippen LogP contribution in [0.2, 0.25) is 0 Å². The third-order valence-electron chi connectivity index (χ3n) is 3.35. The maximum atomic E-state index is 13.5. The number of rotatable bonds is 6. The highest BCUT2D eigenvalue weighted by molar-refractivity contribution is 7.89. The molecule has 0 unspecified atom stereocenters. The minimum Gasteiger partial charge on any atom is -0.389 e. The molecule has 1 aromatic rings. The maximum Gasteiger partial charge on any atom is 0.243 e. The summed E-state index contributed by atoms with van der Waals surface area (Å²) in [5.74, 6) is -0.165. The summed E-state index contributed by atoms with van der Waals surface area (Å²) >= 11 is 4.74. The van der Waals surface area contributed by atoms with Gasteiger partial charge < -0.3 is 5.73 Å². The first kappa shape index (κ1) is 15.3. The van der Waals surface area contributed by atoms with E-state index in [4.69, 9.17) is 18.0 Å². The Morgan fingerprint density at radius 2 is 2.15 bits per heavy atom. The van der Waals surface area contributed by atoms with Gasteiger partial charge in [-0.05, 0) is 37.0 Å². The number of sulfonamides is 1. The molecule has 1 aliphatic carbocycles. The zero-order valence-corrected chi connectivity index (χ0v) is 12.8. The number of benzene rings is 1. The van der Waals surface area contributed by atoms with Crippen molar-refractivity contribution < 1.29 is 12.8 Å². The number of nitrogens with two attached hydrogens (primary N) is 1. The zero-order valence-electron chi connectivity index (χ0n) is 11.2. The van der Waals surface area contributed by atoms with E-state index >= 15 is 0 Å². The summed E-state index contributed by atoms with van der Waals surface area (Å²) in [5.41, 5.74) is 5.37. The standard InChI is InChI=1S/C13H17FN2O2S2/c1-2-16(8-9-3-4-9)20(17,18)10-5-6-12(14)11(7-10)13(15)19/h5-7,9H,2-4,8H2,1H3,(H2,15,19). The fourth-order valence-corrected chi connectivity index (χ4v) is 3.70. The van der Waals surface area contributed by atoms with Crippen molar-refractivity contribution >= 4 is 27.2 Å². The van der Waals surface area contributed by atoms with Crippen LogP contribution in [0.1, 0.15) is 25.3 Å². The Balaban J connectivity index is 2.37. The van der Waals surface area contributed by atoms with Gasteiger partial charge in [-0.1, -0.05) is 19.1 Å². The van der Waals surface area contributed by atoms with Crippen LogP contribution in [-0.2, 0) is 10.0 Å². The van der Waals surface area contributed by atoms with Crippen molar-refractivity contribution in [1.29, 1.82) is 0 Å². The summed E-state index contributed by atoms with van der Waals surface area (Å²) in [4.78, 5) is -0.117. The smallest absolute Gasteiger partial charge is 0.243 e. The first-order valence-corrected chi connectivity index (χ1v) is 8.30. The molecule has 7 heteroatoms. The van der Waals surface area contributed by atoms with Crippen molar-refractivity contribution in [3.05, 3.63) is 29.6 Å². The molecule has 1 aliphatic rings. The van der Waals surface area contributed by atoms with Gasteiger partial charge in [0, 0.05) is 18.7 Å². The van der Waals surface area contributed by atoms with E-state index in [1.807, 2.05) is 0 Å². The summed E-state index contributed by atoms with van der Waals surface area (Å²) in [6, 6.07) is 3.55. The highest BCUT2D eigenvalue weighted by Gasteiger charge is 2.31. The first-order valence-electron chi connectivity index (χ1n) is 6.45. The molecule has 0 atom stereocenters. The van der Waals surface area contributed by atoms with Gasteiger partial charge in [0.1, 0.15) is 10.8 Å². The van der Waals surface area contributed by atoms with E-state index in [2.05, 4.69) is 0 Å². The molecule has 0 aromatic heterocycles. The lowest BCUT2D eigenvalue weighted by atomic mass is 10.2. The highest BCUT2D eigenvalue weighted by Crippen LogP contribution is 2.31. The Labute approximate surface area is 123 Å². The fraction of sp³-hybridized carbons (Fsp3) is 0.462. The topological polar surface area (TPSA) is 63.4 Å². The predicted molar refractivity (Wildman–Crippen MR) is 79.4 cm³/mol. The molecule has 0 radical (unpaired) electrons. The lowest BCUT2D eigenvalue weighted by Gasteiger charge is -2.20. The third-order valence-corrected chi connectivity index (χ3v) is 5.51. The number of nitrogens with zero attached hydrogens (tertiary/aromatic N) is 1. The van der Waals surface area contributed by atoms with Crippen LogP contribution >= 0.6 is 12.2 Å². The molecule has 0 amide bonds. The molecule has 2 N–H and O–H groups in total. The minimum atomic E-state index is -3.63. The molecule has 0 saturated heterocycles. The molecule has 0 spiro atoms. The SMILES string of the molecule is CCN(CC1CC1)S(=O)(=O)c1ccc(F)c(C(N)=S)c1. The first-order chi connectivity index (χ1) is 9.36. The molecule has 0 aliphatic heterocycles. The number of hydrogen-bond donors (Lipinski definition) is 1. The van der Waals surface area contributed by atoms with Crippen LogP contribution < -0.4 is 5.73 Å². The average Bonchev–Trinajstić information content (AvgIpc) is 3.19. The largest absolute Gasteiger partial charge is 0.389 e. The fourth-order valence-electron chi connectivity index (χ4n) is 1.99. The van der Waals surface area contributed by atoms with Crippen molar-refractivity contribution in [3.63, 3.8) is 0 Å². The third kappa shape index (κ3) is 3.16. The van der Waals surface area contributed by atoms with E-state index < -0.39 is 15.8 Å². The van der Waals surface area contributed by atoms with Gasteiger partial charge in [-0.2, -0.15) is 4.31 Å². The van der Waals surface area contributed by atoms with Gasteiger partial charge in [-0.3, -0.25) is 0 Å². The lowest BCUT2D eigenvalue weighted by molar-refractivity contribution is 0.412.